The van der Waals surface area contributed by atoms with Crippen LogP contribution in [0.25, 0.3) is 0 Å². The minimum atomic E-state index is 0. The number of nitrogens with zero attached hydrogens (tertiary/aromatic N) is 5. The first-order chi connectivity index (χ1) is 12.6. The van der Waals surface area contributed by atoms with Gasteiger partial charge in [0.15, 0.2) is 11.8 Å². The van der Waals surface area contributed by atoms with E-state index in [0.29, 0.717) is 23.1 Å². The molecule has 148 valence electrons. The average Bonchev–Trinajstić information content (AvgIpc) is 3.05. The van der Waals surface area contributed by atoms with Crippen molar-refractivity contribution in [1.29, 1.82) is 0 Å². The summed E-state index contributed by atoms with van der Waals surface area (Å²) >= 11 is 12.1. The van der Waals surface area contributed by atoms with Crippen LogP contribution in [-0.4, -0.2) is 39.2 Å². The van der Waals surface area contributed by atoms with Crippen LogP contribution in [0.3, 0.4) is 0 Å². The highest BCUT2D eigenvalue weighted by molar-refractivity contribution is 14.0. The molecule has 3 rings (SSSR count). The van der Waals surface area contributed by atoms with Gasteiger partial charge in [0, 0.05) is 33.1 Å². The smallest absolute Gasteiger partial charge is 0.194 e. The highest BCUT2D eigenvalue weighted by Crippen LogP contribution is 2.23. The normalized spacial score (nSPS) is 13.7. The van der Waals surface area contributed by atoms with E-state index in [2.05, 4.69) is 31.9 Å². The SMILES string of the molecule is CCNC(=NCc1nnc2n1CCCC2)N(C)Cc1ccc(Cl)c(Cl)c1.I. The number of rotatable bonds is 5. The van der Waals surface area contributed by atoms with E-state index in [-0.39, 0.29) is 24.0 Å². The fourth-order valence-electron chi connectivity index (χ4n) is 3.09. The van der Waals surface area contributed by atoms with E-state index < -0.39 is 0 Å². The zero-order chi connectivity index (χ0) is 18.5. The largest absolute Gasteiger partial charge is 0.357 e. The number of hydrogen-bond donors (Lipinski definition) is 1. The molecule has 1 aromatic carbocycles. The summed E-state index contributed by atoms with van der Waals surface area (Å²) in [5, 5.41) is 13.1. The van der Waals surface area contributed by atoms with Gasteiger partial charge in [-0.15, -0.1) is 34.2 Å². The fourth-order valence-corrected chi connectivity index (χ4v) is 3.41. The monoisotopic (exact) mass is 522 g/mol. The van der Waals surface area contributed by atoms with Gasteiger partial charge in [-0.2, -0.15) is 0 Å². The Balaban J connectivity index is 0.00000261. The molecule has 0 aliphatic carbocycles. The average molecular weight is 523 g/mol. The van der Waals surface area contributed by atoms with Gasteiger partial charge in [-0.25, -0.2) is 4.99 Å². The highest BCUT2D eigenvalue weighted by Gasteiger charge is 2.16. The second kappa shape index (κ2) is 10.5. The minimum Gasteiger partial charge on any atom is -0.357 e. The van der Waals surface area contributed by atoms with Crippen molar-refractivity contribution >= 4 is 53.1 Å². The number of halogens is 3. The van der Waals surface area contributed by atoms with Crippen LogP contribution in [0.1, 0.15) is 37.0 Å². The number of aryl methyl sites for hydroxylation is 1. The first-order valence-corrected chi connectivity index (χ1v) is 9.68. The molecule has 1 aliphatic heterocycles. The molecule has 9 heteroatoms. The van der Waals surface area contributed by atoms with Crippen LogP contribution in [0.4, 0.5) is 0 Å². The van der Waals surface area contributed by atoms with Crippen molar-refractivity contribution in [1.82, 2.24) is 25.0 Å². The molecule has 0 saturated carbocycles. The summed E-state index contributed by atoms with van der Waals surface area (Å²) in [5.74, 6) is 2.83. The number of fused-ring (bicyclic) bond motifs is 1. The van der Waals surface area contributed by atoms with Gasteiger partial charge in [0.1, 0.15) is 12.4 Å². The molecule has 0 atom stereocenters. The third kappa shape index (κ3) is 5.71. The van der Waals surface area contributed by atoms with Crippen molar-refractivity contribution < 1.29 is 0 Å². The molecule has 0 amide bonds. The Morgan fingerprint density at radius 3 is 2.81 bits per heavy atom. The van der Waals surface area contributed by atoms with Crippen molar-refractivity contribution in [3.05, 3.63) is 45.5 Å². The second-order valence-electron chi connectivity index (χ2n) is 6.42. The molecule has 2 aromatic rings. The Morgan fingerprint density at radius 1 is 1.26 bits per heavy atom. The van der Waals surface area contributed by atoms with Crippen molar-refractivity contribution in [2.45, 2.75) is 45.8 Å². The third-order valence-corrected chi connectivity index (χ3v) is 5.15. The number of guanidine groups is 1. The van der Waals surface area contributed by atoms with Gasteiger partial charge in [0.25, 0.3) is 0 Å². The number of hydrogen-bond acceptors (Lipinski definition) is 3. The maximum absolute atomic E-state index is 6.12. The van der Waals surface area contributed by atoms with Gasteiger partial charge in [0.05, 0.1) is 10.0 Å². The number of benzene rings is 1. The summed E-state index contributed by atoms with van der Waals surface area (Å²) in [6.45, 7) is 5.04. The summed E-state index contributed by atoms with van der Waals surface area (Å²) < 4.78 is 2.20. The summed E-state index contributed by atoms with van der Waals surface area (Å²) in [7, 11) is 2.00. The molecule has 0 bridgehead atoms. The Morgan fingerprint density at radius 2 is 2.07 bits per heavy atom. The number of aliphatic imine (C=N–C) groups is 1. The Kier molecular flexibility index (Phi) is 8.62. The topological polar surface area (TPSA) is 58.3 Å². The second-order valence-corrected chi connectivity index (χ2v) is 7.23. The molecule has 0 unspecified atom stereocenters. The molecule has 0 spiro atoms. The molecule has 0 fully saturated rings. The van der Waals surface area contributed by atoms with Crippen LogP contribution < -0.4 is 5.32 Å². The lowest BCUT2D eigenvalue weighted by Crippen LogP contribution is -2.38. The Bertz CT molecular complexity index is 792. The van der Waals surface area contributed by atoms with E-state index >= 15 is 0 Å². The molecule has 1 aromatic heterocycles. The lowest BCUT2D eigenvalue weighted by atomic mass is 10.2. The van der Waals surface area contributed by atoms with E-state index in [4.69, 9.17) is 28.2 Å². The van der Waals surface area contributed by atoms with Crippen molar-refractivity contribution in [3.8, 4) is 0 Å². The molecule has 27 heavy (non-hydrogen) atoms. The molecule has 1 N–H and O–H groups in total. The summed E-state index contributed by atoms with van der Waals surface area (Å²) in [6, 6.07) is 5.68. The van der Waals surface area contributed by atoms with Crippen LogP contribution in [-0.2, 0) is 26.1 Å². The molecule has 2 heterocycles. The zero-order valence-electron chi connectivity index (χ0n) is 15.6. The standard InChI is InChI=1S/C18H24Cl2N6.HI/c1-3-21-18(25(2)12-13-7-8-14(19)15(20)10-13)22-11-17-24-23-16-6-4-5-9-26(16)17;/h7-8,10H,3-6,9,11-12H2,1-2H3,(H,21,22);1H. The maximum atomic E-state index is 6.12. The fraction of sp³-hybridized carbons (Fsp3) is 0.500. The first-order valence-electron chi connectivity index (χ1n) is 8.92. The predicted molar refractivity (Wildman–Crippen MR) is 121 cm³/mol. The van der Waals surface area contributed by atoms with Crippen molar-refractivity contribution in [2.75, 3.05) is 13.6 Å². The Hall–Kier alpha value is -1.06. The number of aromatic nitrogens is 3. The molecule has 0 radical (unpaired) electrons. The van der Waals surface area contributed by atoms with Crippen LogP contribution in [0.2, 0.25) is 10.0 Å². The van der Waals surface area contributed by atoms with E-state index in [0.717, 1.165) is 42.7 Å². The molecular formula is C18H25Cl2IN6. The Labute approximate surface area is 187 Å². The van der Waals surface area contributed by atoms with Crippen LogP contribution in [0, 0.1) is 0 Å². The first kappa shape index (κ1) is 22.2. The summed E-state index contributed by atoms with van der Waals surface area (Å²) in [6.07, 6.45) is 3.38. The van der Waals surface area contributed by atoms with Crippen LogP contribution >= 0.6 is 47.2 Å². The summed E-state index contributed by atoms with van der Waals surface area (Å²) in [4.78, 5) is 6.82. The quantitative estimate of drug-likeness (QED) is 0.364. The van der Waals surface area contributed by atoms with Gasteiger partial charge in [0.2, 0.25) is 0 Å². The molecular weight excluding hydrogens is 498 g/mol. The highest BCUT2D eigenvalue weighted by atomic mass is 127. The zero-order valence-corrected chi connectivity index (χ0v) is 19.4. The third-order valence-electron chi connectivity index (χ3n) is 4.41. The lowest BCUT2D eigenvalue weighted by molar-refractivity contribution is 0.474. The molecule has 6 nitrogen and oxygen atoms in total. The van der Waals surface area contributed by atoms with Gasteiger partial charge in [-0.3, -0.25) is 0 Å². The van der Waals surface area contributed by atoms with E-state index in [1.807, 2.05) is 25.2 Å². The molecule has 0 saturated heterocycles. The van der Waals surface area contributed by atoms with E-state index in [1.165, 1.54) is 12.8 Å². The van der Waals surface area contributed by atoms with Gasteiger partial charge in [-0.1, -0.05) is 29.3 Å². The summed E-state index contributed by atoms with van der Waals surface area (Å²) in [5.41, 5.74) is 1.08. The van der Waals surface area contributed by atoms with E-state index in [9.17, 15) is 0 Å². The minimum absolute atomic E-state index is 0. The van der Waals surface area contributed by atoms with Crippen molar-refractivity contribution in [3.63, 3.8) is 0 Å². The maximum Gasteiger partial charge on any atom is 0.194 e. The lowest BCUT2D eigenvalue weighted by Gasteiger charge is -2.22. The van der Waals surface area contributed by atoms with Crippen LogP contribution in [0.5, 0.6) is 0 Å². The number of nitrogens with one attached hydrogen (secondary N) is 1. The van der Waals surface area contributed by atoms with Gasteiger partial charge >= 0.3 is 0 Å². The predicted octanol–water partition coefficient (Wildman–Crippen LogP) is 4.14. The van der Waals surface area contributed by atoms with Crippen LogP contribution in [0.15, 0.2) is 23.2 Å². The van der Waals surface area contributed by atoms with Gasteiger partial charge in [-0.05, 0) is 37.5 Å². The molecule has 1 aliphatic rings. The van der Waals surface area contributed by atoms with Gasteiger partial charge < -0.3 is 14.8 Å². The van der Waals surface area contributed by atoms with Crippen molar-refractivity contribution in [2.24, 2.45) is 4.99 Å². The van der Waals surface area contributed by atoms with E-state index in [1.54, 1.807) is 0 Å².